The first-order valence-electron chi connectivity index (χ1n) is 8.46. The van der Waals surface area contributed by atoms with Crippen molar-refractivity contribution in [3.8, 4) is 11.5 Å². The summed E-state index contributed by atoms with van der Waals surface area (Å²) in [6, 6.07) is 14.9. The van der Waals surface area contributed by atoms with E-state index in [1.807, 2.05) is 42.5 Å². The molecule has 5 heteroatoms. The van der Waals surface area contributed by atoms with Crippen molar-refractivity contribution in [1.29, 1.82) is 0 Å². The lowest BCUT2D eigenvalue weighted by molar-refractivity contribution is -0.111. The number of rotatable bonds is 7. The number of nitrogens with one attached hydrogen (secondary N) is 1. The summed E-state index contributed by atoms with van der Waals surface area (Å²) in [5, 5.41) is 3.84. The van der Waals surface area contributed by atoms with Crippen LogP contribution in [0.1, 0.15) is 5.56 Å². The second-order valence-electron chi connectivity index (χ2n) is 5.71. The molecule has 0 bridgehead atoms. The van der Waals surface area contributed by atoms with Crippen LogP contribution in [0.15, 0.2) is 73.5 Å². The molecule has 1 N–H and O–H groups in total. The molecule has 27 heavy (non-hydrogen) atoms. The highest BCUT2D eigenvalue weighted by Gasteiger charge is 2.06. The smallest absolute Gasteiger partial charge is 0.248 e. The molecule has 1 heterocycles. The third-order valence-electron chi connectivity index (χ3n) is 3.86. The number of anilines is 1. The minimum atomic E-state index is -0.237. The van der Waals surface area contributed by atoms with Gasteiger partial charge in [-0.05, 0) is 35.9 Å². The quantitative estimate of drug-likeness (QED) is 0.499. The molecule has 3 rings (SSSR count). The maximum Gasteiger partial charge on any atom is 0.248 e. The van der Waals surface area contributed by atoms with Crippen molar-refractivity contribution in [2.24, 2.45) is 0 Å². The second-order valence-corrected chi connectivity index (χ2v) is 5.71. The first-order chi connectivity index (χ1) is 13.2. The number of carbonyl (C=O) groups excluding carboxylic acids is 1. The van der Waals surface area contributed by atoms with Crippen molar-refractivity contribution in [1.82, 2.24) is 4.98 Å². The van der Waals surface area contributed by atoms with Gasteiger partial charge in [-0.2, -0.15) is 0 Å². The van der Waals surface area contributed by atoms with E-state index in [-0.39, 0.29) is 5.91 Å². The molecule has 3 aromatic rings. The monoisotopic (exact) mass is 360 g/mol. The Hall–Kier alpha value is -3.60. The fraction of sp³-hybridized carbons (Fsp3) is 0.0909. The number of para-hydroxylation sites is 1. The minimum absolute atomic E-state index is 0.237. The molecule has 1 aromatic heterocycles. The van der Waals surface area contributed by atoms with E-state index in [2.05, 4.69) is 16.9 Å². The zero-order valence-corrected chi connectivity index (χ0v) is 15.0. The summed E-state index contributed by atoms with van der Waals surface area (Å²) in [5.74, 6) is 0.984. The Morgan fingerprint density at radius 2 is 2.04 bits per heavy atom. The van der Waals surface area contributed by atoms with E-state index in [0.717, 1.165) is 16.5 Å². The fourth-order valence-corrected chi connectivity index (χ4v) is 2.61. The van der Waals surface area contributed by atoms with E-state index >= 15 is 0 Å². The molecule has 0 radical (unpaired) electrons. The zero-order chi connectivity index (χ0) is 19.1. The number of carbonyl (C=O) groups is 1. The van der Waals surface area contributed by atoms with Crippen molar-refractivity contribution in [3.63, 3.8) is 0 Å². The molecule has 0 spiro atoms. The number of benzene rings is 2. The van der Waals surface area contributed by atoms with Crippen molar-refractivity contribution < 1.29 is 14.3 Å². The number of nitrogens with zero attached hydrogens (tertiary/aromatic N) is 1. The minimum Gasteiger partial charge on any atom is -0.493 e. The number of aromatic nitrogens is 1. The molecule has 0 fully saturated rings. The number of ether oxygens (including phenoxy) is 2. The normalized spacial score (nSPS) is 10.7. The second kappa shape index (κ2) is 8.67. The summed E-state index contributed by atoms with van der Waals surface area (Å²) < 4.78 is 10.9. The molecule has 1 amide bonds. The number of amides is 1. The van der Waals surface area contributed by atoms with Crippen LogP contribution in [0.3, 0.4) is 0 Å². The highest BCUT2D eigenvalue weighted by atomic mass is 16.5. The van der Waals surface area contributed by atoms with Gasteiger partial charge in [0.25, 0.3) is 0 Å². The van der Waals surface area contributed by atoms with E-state index in [4.69, 9.17) is 9.47 Å². The Kier molecular flexibility index (Phi) is 5.84. The molecule has 136 valence electrons. The number of fused-ring (bicyclic) bond motifs is 1. The van der Waals surface area contributed by atoms with Gasteiger partial charge in [0, 0.05) is 17.7 Å². The van der Waals surface area contributed by atoms with Gasteiger partial charge in [-0.1, -0.05) is 36.9 Å². The van der Waals surface area contributed by atoms with E-state index < -0.39 is 0 Å². The average molecular weight is 360 g/mol. The van der Waals surface area contributed by atoms with Crippen LogP contribution >= 0.6 is 0 Å². The predicted molar refractivity (Wildman–Crippen MR) is 108 cm³/mol. The molecule has 2 aromatic carbocycles. The van der Waals surface area contributed by atoms with E-state index in [0.29, 0.717) is 23.8 Å². The summed E-state index contributed by atoms with van der Waals surface area (Å²) in [7, 11) is 1.57. The lowest BCUT2D eigenvalue weighted by Gasteiger charge is -2.09. The molecular weight excluding hydrogens is 340 g/mol. The largest absolute Gasteiger partial charge is 0.493 e. The number of pyridine rings is 1. The topological polar surface area (TPSA) is 60.5 Å². The predicted octanol–water partition coefficient (Wildman–Crippen LogP) is 4.46. The first kappa shape index (κ1) is 18.2. The van der Waals surface area contributed by atoms with Gasteiger partial charge in [0.1, 0.15) is 6.61 Å². The Bertz CT molecular complexity index is 991. The van der Waals surface area contributed by atoms with Gasteiger partial charge >= 0.3 is 0 Å². The van der Waals surface area contributed by atoms with E-state index in [9.17, 15) is 4.79 Å². The van der Waals surface area contributed by atoms with E-state index in [1.165, 1.54) is 6.08 Å². The summed E-state index contributed by atoms with van der Waals surface area (Å²) in [6.07, 6.45) is 6.56. The average Bonchev–Trinajstić information content (AvgIpc) is 2.71. The molecule has 0 aliphatic carbocycles. The van der Waals surface area contributed by atoms with Crippen LogP contribution in [-0.2, 0) is 4.79 Å². The molecule has 0 atom stereocenters. The van der Waals surface area contributed by atoms with Crippen molar-refractivity contribution in [3.05, 3.63) is 79.0 Å². The van der Waals surface area contributed by atoms with Gasteiger partial charge in [0.15, 0.2) is 11.5 Å². The van der Waals surface area contributed by atoms with Gasteiger partial charge in [0.05, 0.1) is 18.3 Å². The Morgan fingerprint density at radius 3 is 2.85 bits per heavy atom. The van der Waals surface area contributed by atoms with Crippen molar-refractivity contribution in [2.45, 2.75) is 0 Å². The van der Waals surface area contributed by atoms with Gasteiger partial charge in [0.2, 0.25) is 5.91 Å². The van der Waals surface area contributed by atoms with Gasteiger partial charge in [-0.25, -0.2) is 0 Å². The van der Waals surface area contributed by atoms with Crippen molar-refractivity contribution in [2.75, 3.05) is 19.0 Å². The highest BCUT2D eigenvalue weighted by Crippen LogP contribution is 2.28. The maximum absolute atomic E-state index is 12.3. The first-order valence-corrected chi connectivity index (χ1v) is 8.46. The summed E-state index contributed by atoms with van der Waals surface area (Å²) in [5.41, 5.74) is 2.25. The maximum atomic E-state index is 12.3. The summed E-state index contributed by atoms with van der Waals surface area (Å²) in [4.78, 5) is 16.6. The lowest BCUT2D eigenvalue weighted by atomic mass is 10.1. The van der Waals surface area contributed by atoms with Gasteiger partial charge in [-0.15, -0.1) is 0 Å². The third kappa shape index (κ3) is 4.52. The summed E-state index contributed by atoms with van der Waals surface area (Å²) >= 11 is 0. The molecule has 0 unspecified atom stereocenters. The number of hydrogen-bond acceptors (Lipinski definition) is 4. The molecule has 0 aliphatic heterocycles. The Balaban J connectivity index is 1.73. The number of methoxy groups -OCH3 is 1. The standard InChI is InChI=1S/C22H20N2O3/c1-3-14-27-19-11-9-16(15-20(19)26-2)10-12-21(25)24-18-8-4-6-17-7-5-13-23-22(17)18/h3-13,15H,1,14H2,2H3,(H,24,25). The van der Waals surface area contributed by atoms with Gasteiger partial charge in [-0.3, -0.25) is 9.78 Å². The molecule has 0 saturated carbocycles. The molecule has 0 saturated heterocycles. The zero-order valence-electron chi connectivity index (χ0n) is 15.0. The van der Waals surface area contributed by atoms with Gasteiger partial charge < -0.3 is 14.8 Å². The lowest BCUT2D eigenvalue weighted by Crippen LogP contribution is -2.08. The van der Waals surface area contributed by atoms with Crippen LogP contribution in [0.2, 0.25) is 0 Å². The SMILES string of the molecule is C=CCOc1ccc(C=CC(=O)Nc2cccc3cccnc23)cc1OC. The van der Waals surface area contributed by atoms with Crippen LogP contribution < -0.4 is 14.8 Å². The van der Waals surface area contributed by atoms with Crippen LogP contribution in [0.5, 0.6) is 11.5 Å². The van der Waals surface area contributed by atoms with Crippen LogP contribution in [0.4, 0.5) is 5.69 Å². The van der Waals surface area contributed by atoms with Crippen LogP contribution in [-0.4, -0.2) is 24.6 Å². The molecular formula is C22H20N2O3. The molecule has 5 nitrogen and oxygen atoms in total. The Labute approximate surface area is 158 Å². The van der Waals surface area contributed by atoms with Crippen molar-refractivity contribution >= 4 is 28.6 Å². The number of hydrogen-bond donors (Lipinski definition) is 1. The highest BCUT2D eigenvalue weighted by molar-refractivity contribution is 6.06. The summed E-state index contributed by atoms with van der Waals surface area (Å²) in [6.45, 7) is 4.02. The Morgan fingerprint density at radius 1 is 1.19 bits per heavy atom. The third-order valence-corrected chi connectivity index (χ3v) is 3.86. The van der Waals surface area contributed by atoms with Crippen LogP contribution in [0.25, 0.3) is 17.0 Å². The van der Waals surface area contributed by atoms with E-state index in [1.54, 1.807) is 31.5 Å². The fourth-order valence-electron chi connectivity index (χ4n) is 2.61. The molecule has 0 aliphatic rings. The van der Waals surface area contributed by atoms with Crippen LogP contribution in [0, 0.1) is 0 Å².